The Morgan fingerprint density at radius 2 is 1.04 bits per heavy atom. The van der Waals surface area contributed by atoms with E-state index < -0.39 is 148 Å². The highest BCUT2D eigenvalue weighted by Gasteiger charge is 2.38. The molecule has 3 rings (SSSR count). The van der Waals surface area contributed by atoms with Gasteiger partial charge in [0.1, 0.15) is 37.4 Å². The number of carboxylic acids is 1. The number of aliphatic imine (C=N–C) groups is 1. The van der Waals surface area contributed by atoms with E-state index in [0.717, 1.165) is 12.8 Å². The van der Waals surface area contributed by atoms with Gasteiger partial charge in [-0.05, 0) is 124 Å². The molecule has 0 aromatic heterocycles. The normalized spacial score (nSPS) is 19.8. The van der Waals surface area contributed by atoms with E-state index in [1.54, 1.807) is 44.2 Å². The topological polar surface area (TPSA) is 620 Å². The Bertz CT molecular complexity index is 3320. The molecule has 7 atom stereocenters. The number of aliphatic carboxylic acids is 1. The number of carboxylic acid groups (broad SMARTS) is 1. The van der Waals surface area contributed by atoms with Crippen LogP contribution in [-0.4, -0.2) is 278 Å². The summed E-state index contributed by atoms with van der Waals surface area (Å²) in [4.78, 5) is 194. The van der Waals surface area contributed by atoms with Crippen LogP contribution in [0.4, 0.5) is 0 Å². The van der Waals surface area contributed by atoms with E-state index in [1.165, 1.54) is 0 Å². The van der Waals surface area contributed by atoms with Crippen molar-refractivity contribution in [3.05, 3.63) is 35.9 Å². The number of fused-ring (bicyclic) bond motifs is 3. The molecule has 2 aliphatic rings. The maximum Gasteiger partial charge on any atom is 0.305 e. The highest BCUT2D eigenvalue weighted by atomic mass is 33.1. The van der Waals surface area contributed by atoms with E-state index in [0.29, 0.717) is 76.4 Å². The molecule has 2 saturated heterocycles. The molecule has 13 amide bonds. The second-order valence-corrected chi connectivity index (χ2v) is 30.8. The summed E-state index contributed by atoms with van der Waals surface area (Å²) in [5.74, 6) is -13.4. The smallest absolute Gasteiger partial charge is 0.305 e. The van der Waals surface area contributed by atoms with Crippen molar-refractivity contribution in [2.75, 3.05) is 111 Å². The van der Waals surface area contributed by atoms with Crippen LogP contribution in [-0.2, 0) is 92.5 Å². The van der Waals surface area contributed by atoms with Gasteiger partial charge >= 0.3 is 5.97 Å². The molecule has 2 fully saturated rings. The van der Waals surface area contributed by atoms with Gasteiger partial charge in [-0.1, -0.05) is 62.2 Å². The Morgan fingerprint density at radius 3 is 1.61 bits per heavy atom. The summed E-state index contributed by atoms with van der Waals surface area (Å²) in [6, 6.07) is 1.71. The van der Waals surface area contributed by atoms with Gasteiger partial charge in [0.2, 0.25) is 59.1 Å². The van der Waals surface area contributed by atoms with Crippen LogP contribution in [0.15, 0.2) is 45.6 Å². The fourth-order valence-corrected chi connectivity index (χ4v) is 13.6. The van der Waals surface area contributed by atoms with Gasteiger partial charge in [-0.25, -0.2) is 0 Å². The van der Waals surface area contributed by atoms with Crippen LogP contribution in [0, 0.1) is 5.92 Å². The molecule has 0 radical (unpaired) electrons. The second kappa shape index (κ2) is 54.5. The lowest BCUT2D eigenvalue weighted by atomic mass is 9.94. The molecule has 2 heterocycles. The summed E-state index contributed by atoms with van der Waals surface area (Å²) >= 11 is 0.611. The Hall–Kier alpha value is -9.18. The van der Waals surface area contributed by atoms with Crippen LogP contribution in [0.3, 0.4) is 0 Å². The molecule has 44 heteroatoms. The summed E-state index contributed by atoms with van der Waals surface area (Å²) in [5.41, 5.74) is 16.4. The summed E-state index contributed by atoms with van der Waals surface area (Å²) in [5, 5.41) is 67.6. The quantitative estimate of drug-likeness (QED) is 0.00736. The Labute approximate surface area is 668 Å². The SMILES string of the molecule is C/C(=N\O)C(C)(C)NCCC(CCNC(=O)CCCC(=O)NCCCC[C@@H]1NC(=O)CS[C@H](C(=O)NCCOCCOCCOCCNC(=O)COCC(N)=O)NC(=O)[C@H](Cc2ccccc2)NC(=O)[C@@H]2NC(=O)[C@H](CC(=O)O)NC(=O)CNC(=O)[C@H](CCCN=C(N)N)NC(=O)[C@H](NC1=O)SS2)CCNC(C)(C)/C(C)=N/O. The number of benzene rings is 1. The number of nitrogens with zero attached hydrogens (tertiary/aromatic N) is 3. The first-order valence-corrected chi connectivity index (χ1v) is 40.2. The molecule has 1 aromatic carbocycles. The number of ether oxygens (including phenoxy) is 4. The first-order valence-electron chi connectivity index (χ1n) is 36.9. The molecule has 2 bridgehead atoms. The Kier molecular flexibility index (Phi) is 47.3. The molecule has 0 spiro atoms. The van der Waals surface area contributed by atoms with Crippen molar-refractivity contribution in [2.24, 2.45) is 38.4 Å². The summed E-state index contributed by atoms with van der Waals surface area (Å²) in [7, 11) is 0.885. The Balaban J connectivity index is 1.91. The van der Waals surface area contributed by atoms with Crippen LogP contribution < -0.4 is 91.6 Å². The van der Waals surface area contributed by atoms with Crippen molar-refractivity contribution in [2.45, 2.75) is 176 Å². The fraction of sp³-hybridized carbons (Fsp3) is 0.667. The minimum atomic E-state index is -1.92. The summed E-state index contributed by atoms with van der Waals surface area (Å²) in [6.07, 6.45) is 1.03. The third-order valence-electron chi connectivity index (χ3n) is 17.4. The average molecular weight is 1660 g/mol. The molecule has 0 unspecified atom stereocenters. The first-order chi connectivity index (χ1) is 53.7. The number of unbranched alkanes of at least 4 members (excludes halogenated alkanes) is 1. The van der Waals surface area contributed by atoms with Crippen LogP contribution in [0.25, 0.3) is 0 Å². The molecular weight excluding hydrogens is 1540 g/mol. The molecule has 2 aliphatic heterocycles. The van der Waals surface area contributed by atoms with Gasteiger partial charge in [0.15, 0.2) is 22.1 Å². The number of hydrogen-bond acceptors (Lipinski definition) is 28. The fourth-order valence-electron chi connectivity index (χ4n) is 10.4. The largest absolute Gasteiger partial charge is 0.481 e. The zero-order valence-corrected chi connectivity index (χ0v) is 67.2. The van der Waals surface area contributed by atoms with E-state index >= 15 is 0 Å². The number of oxime groups is 2. The lowest BCUT2D eigenvalue weighted by molar-refractivity contribution is -0.141. The van der Waals surface area contributed by atoms with E-state index in [-0.39, 0.29) is 154 Å². The number of rotatable bonds is 47. The summed E-state index contributed by atoms with van der Waals surface area (Å²) < 4.78 is 21.4. The van der Waals surface area contributed by atoms with E-state index in [9.17, 15) is 82.6 Å². The van der Waals surface area contributed by atoms with Crippen LogP contribution in [0.2, 0.25) is 0 Å². The lowest BCUT2D eigenvalue weighted by Gasteiger charge is -2.28. The number of carbonyl (C=O) groups is 14. The zero-order chi connectivity index (χ0) is 83.7. The van der Waals surface area contributed by atoms with Crippen LogP contribution in [0.5, 0.6) is 0 Å². The number of hydrogen-bond donors (Lipinski definition) is 20. The highest BCUT2D eigenvalue weighted by Crippen LogP contribution is 2.31. The first kappa shape index (κ1) is 98.0. The minimum Gasteiger partial charge on any atom is -0.481 e. The number of carbonyl (C=O) groups excluding carboxylic acids is 13. The number of primary amides is 1. The summed E-state index contributed by atoms with van der Waals surface area (Å²) in [6.45, 7) is 11.6. The van der Waals surface area contributed by atoms with E-state index in [1.807, 2.05) is 27.7 Å². The van der Waals surface area contributed by atoms with Gasteiger partial charge < -0.3 is 126 Å². The Morgan fingerprint density at radius 1 is 0.540 bits per heavy atom. The van der Waals surface area contributed by atoms with Crippen molar-refractivity contribution in [3.63, 3.8) is 0 Å². The van der Waals surface area contributed by atoms with E-state index in [2.05, 4.69) is 89.7 Å². The third-order valence-corrected chi connectivity index (χ3v) is 21.1. The zero-order valence-electron chi connectivity index (χ0n) is 64.7. The molecule has 0 saturated carbocycles. The van der Waals surface area contributed by atoms with Crippen molar-refractivity contribution in [1.29, 1.82) is 0 Å². The van der Waals surface area contributed by atoms with Crippen molar-refractivity contribution >= 4 is 133 Å². The van der Waals surface area contributed by atoms with Gasteiger partial charge in [0, 0.05) is 52.0 Å². The van der Waals surface area contributed by atoms with Crippen molar-refractivity contribution in [3.8, 4) is 0 Å². The van der Waals surface area contributed by atoms with Crippen molar-refractivity contribution < 1.29 is 102 Å². The molecule has 1 aromatic rings. The molecule has 0 aliphatic carbocycles. The van der Waals surface area contributed by atoms with Gasteiger partial charge in [0.05, 0.1) is 80.9 Å². The second-order valence-electron chi connectivity index (χ2n) is 27.2. The van der Waals surface area contributed by atoms with Crippen LogP contribution in [0.1, 0.15) is 124 Å². The standard InChI is InChI=1S/C69H114N20O21S3/c1-42(88-105)68(3,4)79-26-21-44(22-27-80-69(5,6)43(2)89-106)20-25-74-52(92)19-12-18-51(91)73-23-11-10-16-47-58(99)86-65-62(103)83-46(17-13-24-77-67(71)72)57(98)78-38-53(93)82-49(37-56(96)97)60(101)87-66(113-112-65)63(104)84-48(36-45-14-8-7-9-15-45)59(100)85-64(111-41-55(95)81-47)61(102)76-29-31-108-33-35-109-34-32-107-30-28-75-54(94)40-110-39-50(70)90/h7-9,14-15,44,46-49,64-66,79-80,105-106H,10-13,16-41H2,1-6H3,(H2,70,90)(H,73,91)(H,74,92)(H,75,94)(H,76,102)(H,78,98)(H,81,95)(H,82,93)(H,83,103)(H,84,104)(H,85,100)(H,86,99)(H,87,101)(H,96,97)(H4,71,72,77)/b88-42+,89-43+/t46-,47-,48-,49-,64+,65+,66+/m0/s1. The minimum absolute atomic E-state index is 0.0181. The van der Waals surface area contributed by atoms with Gasteiger partial charge in [-0.3, -0.25) is 72.1 Å². The predicted molar refractivity (Wildman–Crippen MR) is 420 cm³/mol. The highest BCUT2D eigenvalue weighted by molar-refractivity contribution is 8.77. The average Bonchev–Trinajstić information content (AvgIpc) is 1.05. The molecule has 113 heavy (non-hydrogen) atoms. The van der Waals surface area contributed by atoms with Gasteiger partial charge in [0.25, 0.3) is 17.7 Å². The number of thioether (sulfide) groups is 1. The maximum absolute atomic E-state index is 14.9. The molecule has 23 N–H and O–H groups in total. The molecule has 41 nitrogen and oxygen atoms in total. The predicted octanol–water partition coefficient (Wildman–Crippen LogP) is -4.14. The van der Waals surface area contributed by atoms with Gasteiger partial charge in [-0.15, -0.1) is 11.8 Å². The monoisotopic (exact) mass is 1650 g/mol. The third kappa shape index (κ3) is 42.5. The van der Waals surface area contributed by atoms with Crippen molar-refractivity contribution in [1.82, 2.24) is 74.4 Å². The molecule has 634 valence electrons. The van der Waals surface area contributed by atoms with E-state index in [4.69, 9.17) is 36.1 Å². The maximum atomic E-state index is 14.9. The lowest BCUT2D eigenvalue weighted by Crippen LogP contribution is -2.58. The number of guanidine groups is 1. The number of nitrogens with one attached hydrogen (secondary N) is 14. The van der Waals surface area contributed by atoms with Crippen LogP contribution >= 0.6 is 33.3 Å². The number of nitrogens with two attached hydrogens (primary N) is 3. The molecular formula is C69H114N20O21S3. The van der Waals surface area contributed by atoms with Gasteiger partial charge in [-0.2, -0.15) is 0 Å². The number of amides is 13.